The normalized spacial score (nSPS) is 11.8. The second-order valence-corrected chi connectivity index (χ2v) is 13.2. The summed E-state index contributed by atoms with van der Waals surface area (Å²) >= 11 is 0.278. The van der Waals surface area contributed by atoms with Crippen molar-refractivity contribution in [2.75, 3.05) is 0 Å². The Hall–Kier alpha value is -3.78. The van der Waals surface area contributed by atoms with E-state index < -0.39 is 73.3 Å². The Labute approximate surface area is 373 Å². The number of halogens is 6. The predicted molar refractivity (Wildman–Crippen MR) is 180 cm³/mol. The van der Waals surface area contributed by atoms with E-state index in [0.29, 0.717) is 12.1 Å². The molecule has 0 aromatic heterocycles. The van der Waals surface area contributed by atoms with E-state index in [1.54, 1.807) is 0 Å². The molecule has 14 nitrogen and oxygen atoms in total. The average molecular weight is 871 g/mol. The van der Waals surface area contributed by atoms with Crippen molar-refractivity contribution in [3.05, 3.63) is 108 Å². The van der Waals surface area contributed by atoms with Crippen molar-refractivity contribution in [1.29, 1.82) is 0 Å². The Morgan fingerprint density at radius 3 is 1.52 bits per heavy atom. The number of carbonyl (C=O) groups is 2. The van der Waals surface area contributed by atoms with Gasteiger partial charge in [0.15, 0.2) is 0 Å². The molecule has 0 N–H and O–H groups in total. The number of hydrogen-bond donors (Lipinski definition) is 0. The molecule has 0 aliphatic rings. The summed E-state index contributed by atoms with van der Waals surface area (Å²) in [6.45, 7) is 9.08. The average Bonchev–Trinajstić information content (AvgIpc) is 3.11. The van der Waals surface area contributed by atoms with Crippen LogP contribution in [0.5, 0.6) is 11.5 Å². The largest absolute Gasteiger partial charge is 1.00 e. The van der Waals surface area contributed by atoms with Crippen molar-refractivity contribution in [1.82, 2.24) is 0 Å². The Kier molecular flexibility index (Phi) is 18.2. The van der Waals surface area contributed by atoms with E-state index in [9.17, 15) is 54.2 Å². The summed E-state index contributed by atoms with van der Waals surface area (Å²) in [5.41, 5.74) is -4.40. The maximum Gasteiger partial charge on any atom is 1.00 e. The smallest absolute Gasteiger partial charge is 0.744 e. The fourth-order valence-corrected chi connectivity index (χ4v) is 5.36. The van der Waals surface area contributed by atoms with Gasteiger partial charge < -0.3 is 19.3 Å². The van der Waals surface area contributed by atoms with Crippen molar-refractivity contribution in [3.8, 4) is 22.6 Å². The molecule has 0 fully saturated rings. The number of nitrogens with zero attached hydrogens (tertiary/aromatic N) is 4. The fraction of sp³-hybridized carbons (Fsp3) is 0.118. The molecule has 4 aromatic rings. The molecule has 0 amide bonds. The van der Waals surface area contributed by atoms with Gasteiger partial charge in [-0.25, -0.2) is 18.0 Å². The Bertz CT molecular complexity index is 2400. The minimum Gasteiger partial charge on any atom is -0.744 e. The van der Waals surface area contributed by atoms with E-state index >= 15 is 0 Å². The Morgan fingerprint density at radius 2 is 1.10 bits per heavy atom. The molecule has 294 valence electrons. The first kappa shape index (κ1) is 50.4. The van der Waals surface area contributed by atoms with Crippen LogP contribution in [0.25, 0.3) is 11.1 Å². The van der Waals surface area contributed by atoms with Gasteiger partial charge in [-0.15, -0.1) is 10.2 Å². The van der Waals surface area contributed by atoms with Crippen LogP contribution in [0.2, 0.25) is 0 Å². The summed E-state index contributed by atoms with van der Waals surface area (Å²) in [5.74, 6) is -3.89. The van der Waals surface area contributed by atoms with Crippen LogP contribution in [-0.2, 0) is 41.4 Å². The number of benzene rings is 4. The minimum atomic E-state index is -5.31. The van der Waals surface area contributed by atoms with E-state index in [0.717, 1.165) is 36.4 Å². The number of rotatable bonds is 13. The van der Waals surface area contributed by atoms with Crippen LogP contribution in [0.15, 0.2) is 127 Å². The van der Waals surface area contributed by atoms with Crippen molar-refractivity contribution in [3.63, 3.8) is 0 Å². The van der Waals surface area contributed by atoms with Gasteiger partial charge in [-0.3, -0.25) is 5.04 Å². The number of ether oxygens (including phenoxy) is 2. The van der Waals surface area contributed by atoms with Crippen LogP contribution in [0.4, 0.5) is 49.1 Å². The maximum atomic E-state index is 13.8. The molecule has 0 aliphatic heterocycles. The second kappa shape index (κ2) is 21.0. The summed E-state index contributed by atoms with van der Waals surface area (Å²) in [6.07, 6.45) is -10.00. The summed E-state index contributed by atoms with van der Waals surface area (Å²) in [6, 6.07) is 11.6. The SMILES string of the molecule is C=C(C)C(=O)Oc1ccc(N=Nc2ccc(-c3ccc(N=Nc4ccc(OC(=O)C(=C)C)c(C(F)(F)F)c4)c(S(=O)(=O)[O-])c3)cc2SOO[O-])cc1C(F)(F)F.[Na+].[Na+]. The van der Waals surface area contributed by atoms with Crippen LogP contribution >= 0.6 is 12.0 Å². The zero-order chi connectivity index (χ0) is 41.6. The number of carbonyl (C=O) groups excluding carboxylic acids is 2. The van der Waals surface area contributed by atoms with E-state index in [4.69, 9.17) is 9.47 Å². The number of azo groups is 2. The zero-order valence-corrected chi connectivity index (χ0v) is 35.9. The van der Waals surface area contributed by atoms with Crippen molar-refractivity contribution >= 4 is 56.8 Å². The van der Waals surface area contributed by atoms with Crippen LogP contribution in [0, 0.1) is 0 Å². The van der Waals surface area contributed by atoms with Gasteiger partial charge in [0.25, 0.3) is 0 Å². The van der Waals surface area contributed by atoms with Gasteiger partial charge in [-0.1, -0.05) is 25.3 Å². The number of esters is 2. The fourth-order valence-electron chi connectivity index (χ4n) is 4.25. The maximum absolute atomic E-state index is 13.8. The van der Waals surface area contributed by atoms with Gasteiger partial charge in [0.2, 0.25) is 0 Å². The topological polar surface area (TPSA) is 201 Å². The minimum absolute atomic E-state index is 0. The quantitative estimate of drug-likeness (QED) is 0.0182. The van der Waals surface area contributed by atoms with E-state index in [1.165, 1.54) is 38.1 Å². The summed E-state index contributed by atoms with van der Waals surface area (Å²) < 4.78 is 133. The van der Waals surface area contributed by atoms with E-state index in [-0.39, 0.29) is 110 Å². The third-order valence-corrected chi connectivity index (χ3v) is 8.36. The molecule has 0 bridgehead atoms. The molecule has 0 atom stereocenters. The molecule has 0 saturated heterocycles. The van der Waals surface area contributed by atoms with Gasteiger partial charge in [-0.2, -0.15) is 40.9 Å². The molecule has 4 aromatic carbocycles. The first-order valence-electron chi connectivity index (χ1n) is 15.0. The standard InChI is InChI=1S/C34H24F6N4O10S2.2Na/c1-17(2)31(45)51-27-11-7-21(15-23(27)33(35,36)37)41-43-25-9-5-19(13-29(25)55-54-53-47)20-6-10-26(30(14-20)56(48,49)50)44-42-22-8-12-28(52-32(46)18(3)4)24(16-22)34(38,39)40;;/h5-16,47H,1,3H2,2,4H3,(H,48,49,50);;/q;2*+1/p-2. The van der Waals surface area contributed by atoms with Crippen molar-refractivity contribution < 1.29 is 132 Å². The molecule has 0 unspecified atom stereocenters. The molecule has 24 heteroatoms. The van der Waals surface area contributed by atoms with E-state index in [2.05, 4.69) is 43.0 Å². The molecule has 58 heavy (non-hydrogen) atoms. The first-order chi connectivity index (χ1) is 26.1. The van der Waals surface area contributed by atoms with Crippen LogP contribution in [-0.4, -0.2) is 24.9 Å². The number of alkyl halides is 6. The molecule has 0 spiro atoms. The molecular weight excluding hydrogens is 848 g/mol. The van der Waals surface area contributed by atoms with Crippen LogP contribution < -0.4 is 73.8 Å². The summed E-state index contributed by atoms with van der Waals surface area (Å²) in [4.78, 5) is 22.6. The van der Waals surface area contributed by atoms with Crippen LogP contribution in [0.1, 0.15) is 25.0 Å². The molecular formula is C34H22F6N4Na2O10S2. The monoisotopic (exact) mass is 870 g/mol. The summed E-state index contributed by atoms with van der Waals surface area (Å²) in [5, 5.41) is 28.9. The number of hydrogen-bond acceptors (Lipinski definition) is 15. The third-order valence-electron chi connectivity index (χ3n) is 6.86. The molecule has 0 saturated carbocycles. The molecule has 0 heterocycles. The Morgan fingerprint density at radius 1 is 0.672 bits per heavy atom. The van der Waals surface area contributed by atoms with Crippen molar-refractivity contribution in [2.24, 2.45) is 20.5 Å². The first-order valence-corrected chi connectivity index (χ1v) is 17.1. The molecule has 0 radical (unpaired) electrons. The molecule has 4 rings (SSSR count). The third kappa shape index (κ3) is 13.6. The zero-order valence-electron chi connectivity index (χ0n) is 30.3. The summed E-state index contributed by atoms with van der Waals surface area (Å²) in [7, 11) is -5.31. The van der Waals surface area contributed by atoms with Crippen LogP contribution in [0.3, 0.4) is 0 Å². The van der Waals surface area contributed by atoms with Gasteiger partial charge in [0.05, 0.1) is 33.2 Å². The van der Waals surface area contributed by atoms with Gasteiger partial charge in [0.1, 0.15) is 44.1 Å². The van der Waals surface area contributed by atoms with Crippen molar-refractivity contribution in [2.45, 2.75) is 36.0 Å². The Balaban J connectivity index is 0.00000580. The van der Waals surface area contributed by atoms with Gasteiger partial charge in [-0.05, 0) is 85.6 Å². The predicted octanol–water partition coefficient (Wildman–Crippen LogP) is 3.33. The second-order valence-electron chi connectivity index (χ2n) is 11.1. The van der Waals surface area contributed by atoms with Gasteiger partial charge in [0, 0.05) is 11.1 Å². The van der Waals surface area contributed by atoms with Gasteiger partial charge >= 0.3 is 83.4 Å². The van der Waals surface area contributed by atoms with E-state index in [1.807, 2.05) is 0 Å². The molecule has 0 aliphatic carbocycles.